The number of para-hydroxylation sites is 1. The van der Waals surface area contributed by atoms with Gasteiger partial charge in [-0.1, -0.05) is 12.1 Å². The molecule has 1 aromatic carbocycles. The standard InChI is InChI=1S/C18H23FN2O3/c1-12-10-15(18(23)20-9-8-14(22)11-24-3)13(2)21(12)17-7-5-4-6-16(17)19/h4-7,10,14,22H,8-9,11H2,1-3H3,(H,20,23). The minimum Gasteiger partial charge on any atom is -0.391 e. The van der Waals surface area contributed by atoms with E-state index in [4.69, 9.17) is 4.74 Å². The summed E-state index contributed by atoms with van der Waals surface area (Å²) in [5, 5.41) is 12.4. The molecule has 1 atom stereocenters. The number of halogens is 1. The van der Waals surface area contributed by atoms with E-state index in [0.717, 1.165) is 5.69 Å². The van der Waals surface area contributed by atoms with E-state index >= 15 is 0 Å². The normalized spacial score (nSPS) is 12.2. The zero-order chi connectivity index (χ0) is 17.7. The Balaban J connectivity index is 2.14. The predicted molar refractivity (Wildman–Crippen MR) is 90.0 cm³/mol. The number of ether oxygens (including phenoxy) is 1. The lowest BCUT2D eigenvalue weighted by atomic mass is 10.2. The van der Waals surface area contributed by atoms with E-state index in [9.17, 15) is 14.3 Å². The Bertz CT molecular complexity index is 712. The third kappa shape index (κ3) is 4.01. The second-order valence-corrected chi connectivity index (χ2v) is 5.73. The third-order valence-corrected chi connectivity index (χ3v) is 3.89. The van der Waals surface area contributed by atoms with Crippen molar-refractivity contribution in [1.29, 1.82) is 0 Å². The summed E-state index contributed by atoms with van der Waals surface area (Å²) in [6, 6.07) is 8.20. The molecule has 0 radical (unpaired) electrons. The molecule has 1 unspecified atom stereocenters. The van der Waals surface area contributed by atoms with Crippen molar-refractivity contribution in [2.45, 2.75) is 26.4 Å². The topological polar surface area (TPSA) is 63.5 Å². The van der Waals surface area contributed by atoms with Gasteiger partial charge in [0, 0.05) is 25.0 Å². The molecule has 0 aliphatic heterocycles. The molecule has 0 bridgehead atoms. The number of nitrogens with zero attached hydrogens (tertiary/aromatic N) is 1. The molecule has 2 rings (SSSR count). The van der Waals surface area contributed by atoms with E-state index in [1.54, 1.807) is 35.8 Å². The number of hydrogen-bond acceptors (Lipinski definition) is 3. The van der Waals surface area contributed by atoms with Crippen LogP contribution >= 0.6 is 0 Å². The van der Waals surface area contributed by atoms with Gasteiger partial charge in [0.05, 0.1) is 24.0 Å². The Labute approximate surface area is 141 Å². The fourth-order valence-electron chi connectivity index (χ4n) is 2.72. The fourth-order valence-corrected chi connectivity index (χ4v) is 2.72. The number of aryl methyl sites for hydroxylation is 1. The van der Waals surface area contributed by atoms with Crippen molar-refractivity contribution >= 4 is 5.91 Å². The number of amides is 1. The van der Waals surface area contributed by atoms with E-state index in [-0.39, 0.29) is 18.3 Å². The molecule has 0 aliphatic rings. The van der Waals surface area contributed by atoms with Gasteiger partial charge in [-0.05, 0) is 38.5 Å². The van der Waals surface area contributed by atoms with Gasteiger partial charge >= 0.3 is 0 Å². The highest BCUT2D eigenvalue weighted by molar-refractivity contribution is 5.95. The molecule has 24 heavy (non-hydrogen) atoms. The first-order chi connectivity index (χ1) is 11.5. The summed E-state index contributed by atoms with van der Waals surface area (Å²) in [6.45, 7) is 4.19. The van der Waals surface area contributed by atoms with Crippen LogP contribution in [0.1, 0.15) is 28.2 Å². The molecule has 1 aromatic heterocycles. The smallest absolute Gasteiger partial charge is 0.253 e. The first-order valence-corrected chi connectivity index (χ1v) is 7.84. The lowest BCUT2D eigenvalue weighted by Crippen LogP contribution is -2.28. The number of aliphatic hydroxyl groups is 1. The number of hydrogen-bond donors (Lipinski definition) is 2. The number of rotatable bonds is 7. The summed E-state index contributed by atoms with van der Waals surface area (Å²) in [5.74, 6) is -0.579. The average molecular weight is 334 g/mol. The van der Waals surface area contributed by atoms with Crippen molar-refractivity contribution in [3.63, 3.8) is 0 Å². The largest absolute Gasteiger partial charge is 0.391 e. The second-order valence-electron chi connectivity index (χ2n) is 5.73. The van der Waals surface area contributed by atoms with Crippen LogP contribution in [0.5, 0.6) is 0 Å². The molecular formula is C18H23FN2O3. The number of methoxy groups -OCH3 is 1. The molecule has 0 saturated carbocycles. The van der Waals surface area contributed by atoms with Crippen LogP contribution in [0.3, 0.4) is 0 Å². The molecule has 1 heterocycles. The zero-order valence-electron chi connectivity index (χ0n) is 14.2. The van der Waals surface area contributed by atoms with Gasteiger partial charge in [-0.2, -0.15) is 0 Å². The van der Waals surface area contributed by atoms with Crippen LogP contribution in [0.4, 0.5) is 4.39 Å². The Morgan fingerprint density at radius 1 is 1.38 bits per heavy atom. The van der Waals surface area contributed by atoms with Crippen molar-refractivity contribution in [2.75, 3.05) is 20.3 Å². The van der Waals surface area contributed by atoms with Gasteiger partial charge in [0.1, 0.15) is 5.82 Å². The minimum absolute atomic E-state index is 0.234. The van der Waals surface area contributed by atoms with Gasteiger partial charge in [0.2, 0.25) is 0 Å². The number of aromatic nitrogens is 1. The van der Waals surface area contributed by atoms with E-state index < -0.39 is 6.10 Å². The summed E-state index contributed by atoms with van der Waals surface area (Å²) in [5.41, 5.74) is 2.37. The van der Waals surface area contributed by atoms with Crippen LogP contribution in [-0.4, -0.2) is 41.9 Å². The number of benzene rings is 1. The van der Waals surface area contributed by atoms with Gasteiger partial charge in [-0.3, -0.25) is 4.79 Å². The maximum atomic E-state index is 14.0. The van der Waals surface area contributed by atoms with Gasteiger partial charge < -0.3 is 19.7 Å². The summed E-state index contributed by atoms with van der Waals surface area (Å²) in [4.78, 5) is 12.4. The first kappa shape index (κ1) is 18.2. The summed E-state index contributed by atoms with van der Waals surface area (Å²) in [7, 11) is 1.51. The number of carbonyl (C=O) groups excluding carboxylic acids is 1. The van der Waals surface area contributed by atoms with Crippen LogP contribution in [0.2, 0.25) is 0 Å². The Morgan fingerprint density at radius 2 is 2.08 bits per heavy atom. The average Bonchev–Trinajstić information content (AvgIpc) is 2.83. The van der Waals surface area contributed by atoms with Gasteiger partial charge in [-0.15, -0.1) is 0 Å². The van der Waals surface area contributed by atoms with Crippen LogP contribution in [0.15, 0.2) is 30.3 Å². The van der Waals surface area contributed by atoms with E-state index in [1.165, 1.54) is 13.2 Å². The minimum atomic E-state index is -0.610. The van der Waals surface area contributed by atoms with Crippen LogP contribution in [0, 0.1) is 19.7 Å². The molecule has 6 heteroatoms. The van der Waals surface area contributed by atoms with E-state index in [2.05, 4.69) is 5.32 Å². The monoisotopic (exact) mass is 334 g/mol. The lowest BCUT2D eigenvalue weighted by Gasteiger charge is -2.12. The van der Waals surface area contributed by atoms with Gasteiger partial charge in [0.25, 0.3) is 5.91 Å². The third-order valence-electron chi connectivity index (χ3n) is 3.89. The van der Waals surface area contributed by atoms with Crippen LogP contribution in [-0.2, 0) is 4.74 Å². The second kappa shape index (κ2) is 8.08. The van der Waals surface area contributed by atoms with Crippen molar-refractivity contribution in [2.24, 2.45) is 0 Å². The SMILES string of the molecule is COCC(O)CCNC(=O)c1cc(C)n(-c2ccccc2F)c1C. The summed E-state index contributed by atoms with van der Waals surface area (Å²) >= 11 is 0. The van der Waals surface area contributed by atoms with Crippen molar-refractivity contribution in [1.82, 2.24) is 9.88 Å². The quantitative estimate of drug-likeness (QED) is 0.817. The zero-order valence-corrected chi connectivity index (χ0v) is 14.2. The van der Waals surface area contributed by atoms with Crippen LogP contribution in [0.25, 0.3) is 5.69 Å². The number of aliphatic hydroxyl groups excluding tert-OH is 1. The van der Waals surface area contributed by atoms with Gasteiger partial charge in [0.15, 0.2) is 0 Å². The molecule has 2 N–H and O–H groups in total. The maximum Gasteiger partial charge on any atom is 0.253 e. The summed E-state index contributed by atoms with van der Waals surface area (Å²) < 4.78 is 20.6. The van der Waals surface area contributed by atoms with Crippen molar-refractivity contribution < 1.29 is 19.0 Å². The van der Waals surface area contributed by atoms with Crippen molar-refractivity contribution in [3.05, 3.63) is 53.1 Å². The molecule has 0 aliphatic carbocycles. The molecule has 2 aromatic rings. The number of carbonyl (C=O) groups is 1. The van der Waals surface area contributed by atoms with E-state index in [1.807, 2.05) is 6.92 Å². The Morgan fingerprint density at radius 3 is 2.75 bits per heavy atom. The Hall–Kier alpha value is -2.18. The first-order valence-electron chi connectivity index (χ1n) is 7.84. The molecule has 0 saturated heterocycles. The molecular weight excluding hydrogens is 311 g/mol. The molecule has 0 fully saturated rings. The molecule has 1 amide bonds. The van der Waals surface area contributed by atoms with E-state index in [0.29, 0.717) is 29.9 Å². The molecule has 130 valence electrons. The van der Waals surface area contributed by atoms with Crippen molar-refractivity contribution in [3.8, 4) is 5.69 Å². The highest BCUT2D eigenvalue weighted by atomic mass is 19.1. The van der Waals surface area contributed by atoms with Crippen LogP contribution < -0.4 is 5.32 Å². The Kier molecular flexibility index (Phi) is 6.11. The molecule has 5 nitrogen and oxygen atoms in total. The highest BCUT2D eigenvalue weighted by Crippen LogP contribution is 2.22. The lowest BCUT2D eigenvalue weighted by molar-refractivity contribution is 0.0587. The highest BCUT2D eigenvalue weighted by Gasteiger charge is 2.18. The fraction of sp³-hybridized carbons (Fsp3) is 0.389. The van der Waals surface area contributed by atoms with Gasteiger partial charge in [-0.25, -0.2) is 4.39 Å². The molecule has 0 spiro atoms. The predicted octanol–water partition coefficient (Wildman–Crippen LogP) is 2.36. The number of nitrogens with one attached hydrogen (secondary N) is 1. The maximum absolute atomic E-state index is 14.0. The summed E-state index contributed by atoms with van der Waals surface area (Å²) in [6.07, 6.45) is -0.202.